The van der Waals surface area contributed by atoms with Gasteiger partial charge < -0.3 is 22.9 Å². The van der Waals surface area contributed by atoms with Crippen LogP contribution < -0.4 is 22.9 Å². The average molecular weight is 357 g/mol. The molecule has 2 aromatic rings. The van der Waals surface area contributed by atoms with Gasteiger partial charge in [0.1, 0.15) is 0 Å². The minimum absolute atomic E-state index is 0.674. The van der Waals surface area contributed by atoms with E-state index in [1.807, 2.05) is 32.0 Å². The van der Waals surface area contributed by atoms with Crippen LogP contribution in [0.1, 0.15) is 61.9 Å². The highest BCUT2D eigenvalue weighted by Crippen LogP contribution is 2.28. The van der Waals surface area contributed by atoms with Crippen molar-refractivity contribution in [3.63, 3.8) is 0 Å². The molecule has 0 heterocycles. The molecule has 4 heteroatoms. The third-order valence-electron chi connectivity index (χ3n) is 5.03. The van der Waals surface area contributed by atoms with Crippen LogP contribution in [-0.2, 0) is 24.9 Å². The van der Waals surface area contributed by atoms with Gasteiger partial charge in [0.2, 0.25) is 0 Å². The SMILES string of the molecule is CCc1cc(C)c(N)c(CC)c1N.CCc1ccccc1C(N)(N)CC. The third-order valence-corrected chi connectivity index (χ3v) is 5.03. The maximum Gasteiger partial charge on any atom is 0.0899 e. The minimum atomic E-state index is -0.674. The molecular formula is C22H36N4. The molecule has 0 bridgehead atoms. The molecule has 0 aliphatic heterocycles. The molecule has 0 aromatic heterocycles. The summed E-state index contributed by atoms with van der Waals surface area (Å²) in [6.45, 7) is 10.4. The molecule has 0 saturated carbocycles. The monoisotopic (exact) mass is 356 g/mol. The van der Waals surface area contributed by atoms with Crippen molar-refractivity contribution in [3.8, 4) is 0 Å². The number of anilines is 2. The highest BCUT2D eigenvalue weighted by molar-refractivity contribution is 5.68. The molecule has 0 amide bonds. The Morgan fingerprint density at radius 2 is 1.38 bits per heavy atom. The van der Waals surface area contributed by atoms with E-state index >= 15 is 0 Å². The van der Waals surface area contributed by atoms with Crippen LogP contribution in [0.5, 0.6) is 0 Å². The first-order valence-electron chi connectivity index (χ1n) is 9.55. The van der Waals surface area contributed by atoms with E-state index in [1.54, 1.807) is 0 Å². The summed E-state index contributed by atoms with van der Waals surface area (Å²) >= 11 is 0. The lowest BCUT2D eigenvalue weighted by Crippen LogP contribution is -2.46. The Kier molecular flexibility index (Phi) is 8.12. The van der Waals surface area contributed by atoms with Gasteiger partial charge in [0.15, 0.2) is 0 Å². The number of nitrogens with two attached hydrogens (primary N) is 4. The second kappa shape index (κ2) is 9.60. The van der Waals surface area contributed by atoms with Crippen LogP contribution in [0.15, 0.2) is 30.3 Å². The first-order valence-corrected chi connectivity index (χ1v) is 9.55. The molecule has 2 aromatic carbocycles. The summed E-state index contributed by atoms with van der Waals surface area (Å²) in [6.07, 6.45) is 3.61. The quantitative estimate of drug-likeness (QED) is 0.480. The minimum Gasteiger partial charge on any atom is -0.398 e. The zero-order chi connectivity index (χ0) is 19.9. The lowest BCUT2D eigenvalue weighted by molar-refractivity contribution is 0.444. The van der Waals surface area contributed by atoms with Gasteiger partial charge in [0.25, 0.3) is 0 Å². The Bertz CT molecular complexity index is 720. The summed E-state index contributed by atoms with van der Waals surface area (Å²) in [4.78, 5) is 0. The second-order valence-electron chi connectivity index (χ2n) is 6.77. The van der Waals surface area contributed by atoms with Crippen molar-refractivity contribution < 1.29 is 0 Å². The lowest BCUT2D eigenvalue weighted by atomic mass is 9.92. The molecule has 8 N–H and O–H groups in total. The van der Waals surface area contributed by atoms with E-state index in [0.717, 1.165) is 53.7 Å². The van der Waals surface area contributed by atoms with Crippen LogP contribution in [0.3, 0.4) is 0 Å². The van der Waals surface area contributed by atoms with Crippen molar-refractivity contribution in [2.45, 2.75) is 66.0 Å². The molecular weight excluding hydrogens is 320 g/mol. The van der Waals surface area contributed by atoms with Crippen LogP contribution in [0.2, 0.25) is 0 Å². The molecule has 4 nitrogen and oxygen atoms in total. The van der Waals surface area contributed by atoms with E-state index in [1.165, 1.54) is 11.1 Å². The summed E-state index contributed by atoms with van der Waals surface area (Å²) in [5.41, 5.74) is 30.8. The number of hydrogen-bond acceptors (Lipinski definition) is 4. The molecule has 0 aliphatic carbocycles. The average Bonchev–Trinajstić information content (AvgIpc) is 2.65. The van der Waals surface area contributed by atoms with Gasteiger partial charge in [-0.05, 0) is 60.4 Å². The summed E-state index contributed by atoms with van der Waals surface area (Å²) in [5, 5.41) is 0. The van der Waals surface area contributed by atoms with Gasteiger partial charge in [0.05, 0.1) is 5.66 Å². The van der Waals surface area contributed by atoms with E-state index in [2.05, 4.69) is 32.9 Å². The molecule has 2 rings (SSSR count). The van der Waals surface area contributed by atoms with Crippen LogP contribution in [0.25, 0.3) is 0 Å². The van der Waals surface area contributed by atoms with Gasteiger partial charge in [-0.3, -0.25) is 0 Å². The molecule has 0 saturated heterocycles. The number of rotatable bonds is 5. The van der Waals surface area contributed by atoms with Crippen LogP contribution in [0.4, 0.5) is 11.4 Å². The molecule has 0 radical (unpaired) electrons. The highest BCUT2D eigenvalue weighted by Gasteiger charge is 2.21. The third kappa shape index (κ3) is 4.99. The number of hydrogen-bond donors (Lipinski definition) is 4. The maximum absolute atomic E-state index is 5.99. The molecule has 0 aliphatic rings. The van der Waals surface area contributed by atoms with Crippen molar-refractivity contribution in [1.82, 2.24) is 0 Å². The number of aryl methyl sites for hydroxylation is 3. The Labute approximate surface area is 159 Å². The van der Waals surface area contributed by atoms with Crippen molar-refractivity contribution in [2.24, 2.45) is 11.5 Å². The molecule has 26 heavy (non-hydrogen) atoms. The molecule has 0 spiro atoms. The fraction of sp³-hybridized carbons (Fsp3) is 0.455. The predicted molar refractivity (Wildman–Crippen MR) is 115 cm³/mol. The fourth-order valence-corrected chi connectivity index (χ4v) is 3.14. The number of benzene rings is 2. The number of nitrogen functional groups attached to an aromatic ring is 2. The lowest BCUT2D eigenvalue weighted by Gasteiger charge is -2.25. The smallest absolute Gasteiger partial charge is 0.0899 e. The summed E-state index contributed by atoms with van der Waals surface area (Å²) in [5.74, 6) is 0. The van der Waals surface area contributed by atoms with E-state index in [4.69, 9.17) is 22.9 Å². The largest absolute Gasteiger partial charge is 0.398 e. The zero-order valence-corrected chi connectivity index (χ0v) is 17.0. The normalized spacial score (nSPS) is 11.0. The fourth-order valence-electron chi connectivity index (χ4n) is 3.14. The Hall–Kier alpha value is -2.04. The van der Waals surface area contributed by atoms with Gasteiger partial charge in [-0.2, -0.15) is 0 Å². The molecule has 144 valence electrons. The van der Waals surface area contributed by atoms with Crippen molar-refractivity contribution in [1.29, 1.82) is 0 Å². The van der Waals surface area contributed by atoms with Crippen LogP contribution in [0, 0.1) is 6.92 Å². The Balaban J connectivity index is 0.000000260. The standard InChI is InChI=1S/2C11H18N2/c1-4-8-6-7(3)10(12)9(5-2)11(8)13;1-3-9-7-5-6-8-10(9)11(12,13)4-2/h6H,4-5,12-13H2,1-3H3;5-8H,3-4,12-13H2,1-2H3. The molecule has 0 atom stereocenters. The van der Waals surface area contributed by atoms with Crippen LogP contribution in [-0.4, -0.2) is 0 Å². The summed E-state index contributed by atoms with van der Waals surface area (Å²) in [7, 11) is 0. The maximum atomic E-state index is 5.99. The summed E-state index contributed by atoms with van der Waals surface area (Å²) < 4.78 is 0. The van der Waals surface area contributed by atoms with E-state index in [-0.39, 0.29) is 0 Å². The highest BCUT2D eigenvalue weighted by atomic mass is 14.9. The second-order valence-corrected chi connectivity index (χ2v) is 6.77. The molecule has 0 fully saturated rings. The van der Waals surface area contributed by atoms with Crippen LogP contribution >= 0.6 is 0 Å². The van der Waals surface area contributed by atoms with E-state index in [9.17, 15) is 0 Å². The molecule has 0 unspecified atom stereocenters. The Morgan fingerprint density at radius 1 is 0.808 bits per heavy atom. The van der Waals surface area contributed by atoms with Gasteiger partial charge in [-0.15, -0.1) is 0 Å². The summed E-state index contributed by atoms with van der Waals surface area (Å²) in [6, 6.07) is 10.2. The van der Waals surface area contributed by atoms with E-state index < -0.39 is 5.66 Å². The first-order chi connectivity index (χ1) is 12.2. The van der Waals surface area contributed by atoms with Gasteiger partial charge in [-0.25, -0.2) is 0 Å². The van der Waals surface area contributed by atoms with E-state index in [0.29, 0.717) is 0 Å². The van der Waals surface area contributed by atoms with Gasteiger partial charge in [-0.1, -0.05) is 58.0 Å². The first kappa shape index (κ1) is 22.0. The zero-order valence-electron chi connectivity index (χ0n) is 17.0. The van der Waals surface area contributed by atoms with Crippen molar-refractivity contribution in [3.05, 3.63) is 58.1 Å². The Morgan fingerprint density at radius 3 is 1.88 bits per heavy atom. The van der Waals surface area contributed by atoms with Crippen molar-refractivity contribution >= 4 is 11.4 Å². The van der Waals surface area contributed by atoms with Crippen molar-refractivity contribution in [2.75, 3.05) is 11.5 Å². The van der Waals surface area contributed by atoms with Gasteiger partial charge >= 0.3 is 0 Å². The topological polar surface area (TPSA) is 104 Å². The predicted octanol–water partition coefficient (Wildman–Crippen LogP) is 4.01. The van der Waals surface area contributed by atoms with Gasteiger partial charge in [0, 0.05) is 11.4 Å².